The molecule has 0 atom stereocenters. The average Bonchev–Trinajstić information content (AvgIpc) is 2.42. The zero-order valence-electron chi connectivity index (χ0n) is 13.7. The fourth-order valence-corrected chi connectivity index (χ4v) is 1.49. The topological polar surface area (TPSA) is 78.9 Å². The van der Waals surface area contributed by atoms with E-state index < -0.39 is 6.10 Å². The van der Waals surface area contributed by atoms with Gasteiger partial charge in [0.1, 0.15) is 13.2 Å². The predicted molar refractivity (Wildman–Crippen MR) is 82.3 cm³/mol. The molecule has 0 aromatic carbocycles. The van der Waals surface area contributed by atoms with Gasteiger partial charge in [-0.25, -0.2) is 0 Å². The quantitative estimate of drug-likeness (QED) is 0.289. The number of carbonyl (C=O) groups is 3. The number of carbonyl (C=O) groups excluding carboxylic acids is 3. The predicted octanol–water partition coefficient (Wildman–Crippen LogP) is 2.00. The Morgan fingerprint density at radius 2 is 1.09 bits per heavy atom. The van der Waals surface area contributed by atoms with E-state index in [9.17, 15) is 14.4 Å². The van der Waals surface area contributed by atoms with Crippen LogP contribution in [-0.2, 0) is 28.6 Å². The van der Waals surface area contributed by atoms with Crippen LogP contribution in [0.3, 0.4) is 0 Å². The fourth-order valence-electron chi connectivity index (χ4n) is 1.49. The molecule has 0 amide bonds. The SMILES string of the molecule is CCCC(=O)OCC(COC(=O)CCC)OC(=O)CCC.[Sn]. The summed E-state index contributed by atoms with van der Waals surface area (Å²) >= 11 is 0. The summed E-state index contributed by atoms with van der Waals surface area (Å²) in [4.78, 5) is 34.1. The molecule has 0 N–H and O–H groups in total. The van der Waals surface area contributed by atoms with Crippen molar-refractivity contribution >= 4 is 41.8 Å². The van der Waals surface area contributed by atoms with Crippen molar-refractivity contribution < 1.29 is 28.6 Å². The van der Waals surface area contributed by atoms with Gasteiger partial charge in [-0.05, 0) is 19.3 Å². The van der Waals surface area contributed by atoms with E-state index in [-0.39, 0.29) is 61.5 Å². The third kappa shape index (κ3) is 12.9. The minimum atomic E-state index is -0.745. The normalized spacial score (nSPS) is 9.82. The molecular formula is C15H26O6Sn. The molecule has 0 fully saturated rings. The summed E-state index contributed by atoms with van der Waals surface area (Å²) in [6, 6.07) is 0. The maximum atomic E-state index is 11.5. The molecule has 0 saturated carbocycles. The van der Waals surface area contributed by atoms with E-state index in [0.717, 1.165) is 0 Å². The largest absolute Gasteiger partial charge is 0.462 e. The van der Waals surface area contributed by atoms with Crippen molar-refractivity contribution in [3.05, 3.63) is 0 Å². The monoisotopic (exact) mass is 422 g/mol. The first-order valence-corrected chi connectivity index (χ1v) is 7.54. The van der Waals surface area contributed by atoms with Crippen molar-refractivity contribution in [3.8, 4) is 0 Å². The molecule has 0 saturated heterocycles. The third-order valence-electron chi connectivity index (χ3n) is 2.52. The molecule has 22 heavy (non-hydrogen) atoms. The molecule has 0 aliphatic carbocycles. The molecule has 4 radical (unpaired) electrons. The van der Waals surface area contributed by atoms with Gasteiger partial charge < -0.3 is 14.2 Å². The molecule has 0 aromatic rings. The molecule has 0 unspecified atom stereocenters. The van der Waals surface area contributed by atoms with Gasteiger partial charge in [-0.1, -0.05) is 20.8 Å². The summed E-state index contributed by atoms with van der Waals surface area (Å²) in [5.41, 5.74) is 0. The number of esters is 3. The molecule has 6 nitrogen and oxygen atoms in total. The van der Waals surface area contributed by atoms with Gasteiger partial charge in [-0.2, -0.15) is 0 Å². The Hall–Kier alpha value is -0.791. The summed E-state index contributed by atoms with van der Waals surface area (Å²) in [7, 11) is 0. The smallest absolute Gasteiger partial charge is 0.306 e. The average molecular weight is 421 g/mol. The van der Waals surface area contributed by atoms with Crippen LogP contribution in [0.2, 0.25) is 0 Å². The standard InChI is InChI=1S/C15H26O6.Sn/c1-4-7-13(16)19-10-12(21-15(18)9-6-3)11-20-14(17)8-5-2;/h12H,4-11H2,1-3H3;. The Labute approximate surface area is 149 Å². The van der Waals surface area contributed by atoms with Crippen LogP contribution >= 0.6 is 0 Å². The summed E-state index contributed by atoms with van der Waals surface area (Å²) in [6.45, 7) is 5.42. The Morgan fingerprint density at radius 3 is 1.45 bits per heavy atom. The van der Waals surface area contributed by atoms with Crippen LogP contribution in [0, 0.1) is 0 Å². The van der Waals surface area contributed by atoms with Crippen molar-refractivity contribution in [1.82, 2.24) is 0 Å². The van der Waals surface area contributed by atoms with Crippen LogP contribution in [0.15, 0.2) is 0 Å². The molecule has 0 rings (SSSR count). The Kier molecular flexibility index (Phi) is 16.1. The number of hydrogen-bond donors (Lipinski definition) is 0. The first-order valence-electron chi connectivity index (χ1n) is 7.54. The number of rotatable bonds is 11. The van der Waals surface area contributed by atoms with E-state index >= 15 is 0 Å². The number of hydrogen-bond acceptors (Lipinski definition) is 6. The summed E-state index contributed by atoms with van der Waals surface area (Å²) in [5, 5.41) is 0. The van der Waals surface area contributed by atoms with Crippen molar-refractivity contribution in [1.29, 1.82) is 0 Å². The van der Waals surface area contributed by atoms with Crippen molar-refractivity contribution in [2.75, 3.05) is 13.2 Å². The maximum absolute atomic E-state index is 11.5. The summed E-state index contributed by atoms with van der Waals surface area (Å²) < 4.78 is 15.2. The maximum Gasteiger partial charge on any atom is 0.306 e. The molecule has 7 heteroatoms. The van der Waals surface area contributed by atoms with Crippen molar-refractivity contribution in [3.63, 3.8) is 0 Å². The Balaban J connectivity index is 0. The third-order valence-corrected chi connectivity index (χ3v) is 2.52. The van der Waals surface area contributed by atoms with Crippen LogP contribution in [0.1, 0.15) is 59.3 Å². The van der Waals surface area contributed by atoms with Crippen molar-refractivity contribution in [2.24, 2.45) is 0 Å². The first kappa shape index (κ1) is 23.5. The Morgan fingerprint density at radius 1 is 0.727 bits per heavy atom. The zero-order valence-corrected chi connectivity index (χ0v) is 16.5. The van der Waals surface area contributed by atoms with Gasteiger partial charge in [-0.15, -0.1) is 0 Å². The van der Waals surface area contributed by atoms with E-state index in [0.29, 0.717) is 32.1 Å². The fraction of sp³-hybridized carbons (Fsp3) is 0.800. The van der Waals surface area contributed by atoms with E-state index in [1.54, 1.807) is 0 Å². The van der Waals surface area contributed by atoms with Crippen LogP contribution in [0.25, 0.3) is 0 Å². The van der Waals surface area contributed by atoms with Gasteiger partial charge in [0.2, 0.25) is 0 Å². The van der Waals surface area contributed by atoms with Gasteiger partial charge in [0.05, 0.1) is 0 Å². The second kappa shape index (κ2) is 15.1. The van der Waals surface area contributed by atoms with Crippen LogP contribution < -0.4 is 0 Å². The molecule has 0 heterocycles. The minimum Gasteiger partial charge on any atom is -0.462 e. The molecule has 0 aliphatic heterocycles. The second-order valence-electron chi connectivity index (χ2n) is 4.73. The van der Waals surface area contributed by atoms with Gasteiger partial charge in [0, 0.05) is 43.2 Å². The number of ether oxygens (including phenoxy) is 3. The van der Waals surface area contributed by atoms with Crippen LogP contribution in [-0.4, -0.2) is 61.1 Å². The molecule has 0 aliphatic rings. The second-order valence-corrected chi connectivity index (χ2v) is 4.73. The molecule has 126 valence electrons. The molecular weight excluding hydrogens is 395 g/mol. The molecule has 0 spiro atoms. The molecule has 0 bridgehead atoms. The first-order chi connectivity index (χ1) is 10.0. The van der Waals surface area contributed by atoms with Crippen LogP contribution in [0.5, 0.6) is 0 Å². The molecule has 0 aromatic heterocycles. The van der Waals surface area contributed by atoms with E-state index in [1.807, 2.05) is 20.8 Å². The van der Waals surface area contributed by atoms with Gasteiger partial charge in [0.15, 0.2) is 6.10 Å². The zero-order chi connectivity index (χ0) is 16.1. The summed E-state index contributed by atoms with van der Waals surface area (Å²) in [6.07, 6.45) is 2.19. The van der Waals surface area contributed by atoms with E-state index in [4.69, 9.17) is 14.2 Å². The van der Waals surface area contributed by atoms with Crippen LogP contribution in [0.4, 0.5) is 0 Å². The van der Waals surface area contributed by atoms with Crippen molar-refractivity contribution in [2.45, 2.75) is 65.4 Å². The van der Waals surface area contributed by atoms with Gasteiger partial charge in [0.25, 0.3) is 0 Å². The Bertz CT molecular complexity index is 310. The van der Waals surface area contributed by atoms with Gasteiger partial charge >= 0.3 is 17.9 Å². The summed E-state index contributed by atoms with van der Waals surface area (Å²) in [5.74, 6) is -1.09. The van der Waals surface area contributed by atoms with E-state index in [1.165, 1.54) is 0 Å². The minimum absolute atomic E-state index is 0. The van der Waals surface area contributed by atoms with E-state index in [2.05, 4.69) is 0 Å². The van der Waals surface area contributed by atoms with Gasteiger partial charge in [-0.3, -0.25) is 14.4 Å².